The van der Waals surface area contributed by atoms with Crippen molar-refractivity contribution < 1.29 is 4.79 Å². The van der Waals surface area contributed by atoms with E-state index in [1.807, 2.05) is 36.4 Å². The number of nitrogens with zero attached hydrogens (tertiary/aromatic N) is 2. The standard InChI is InChI=1S/C23H16BrClIN3O2/c24-16-3-9-19(10-4-16)27-22(30)21-14-28(13-15-1-7-18(26)8-2-15)29(23(21)31)20-11-5-17(25)6-12-20/h1-12,14H,13H2,(H,27,30). The molecule has 0 aliphatic carbocycles. The van der Waals surface area contributed by atoms with E-state index in [1.165, 1.54) is 4.68 Å². The number of nitrogens with one attached hydrogen (secondary N) is 1. The first-order chi connectivity index (χ1) is 14.9. The molecule has 0 aliphatic rings. The molecule has 0 saturated heterocycles. The van der Waals surface area contributed by atoms with Crippen LogP contribution in [0.5, 0.6) is 0 Å². The van der Waals surface area contributed by atoms with Crippen molar-refractivity contribution in [2.75, 3.05) is 5.32 Å². The second kappa shape index (κ2) is 9.42. The van der Waals surface area contributed by atoms with E-state index in [4.69, 9.17) is 11.6 Å². The Morgan fingerprint density at radius 1 is 0.968 bits per heavy atom. The second-order valence-electron chi connectivity index (χ2n) is 6.82. The van der Waals surface area contributed by atoms with E-state index in [2.05, 4.69) is 43.8 Å². The van der Waals surface area contributed by atoms with Crippen LogP contribution in [-0.4, -0.2) is 15.3 Å². The lowest BCUT2D eigenvalue weighted by Crippen LogP contribution is -2.26. The van der Waals surface area contributed by atoms with Gasteiger partial charge in [0.2, 0.25) is 0 Å². The minimum absolute atomic E-state index is 0.0587. The van der Waals surface area contributed by atoms with E-state index >= 15 is 0 Å². The predicted molar refractivity (Wildman–Crippen MR) is 135 cm³/mol. The average Bonchev–Trinajstić information content (AvgIpc) is 3.08. The summed E-state index contributed by atoms with van der Waals surface area (Å²) < 4.78 is 5.26. The highest BCUT2D eigenvalue weighted by Gasteiger charge is 2.19. The lowest BCUT2D eigenvalue weighted by atomic mass is 10.2. The highest BCUT2D eigenvalue weighted by Crippen LogP contribution is 2.17. The zero-order valence-corrected chi connectivity index (χ0v) is 20.6. The molecule has 4 rings (SSSR count). The lowest BCUT2D eigenvalue weighted by Gasteiger charge is -2.12. The Balaban J connectivity index is 1.74. The summed E-state index contributed by atoms with van der Waals surface area (Å²) in [6.45, 7) is 0.431. The maximum absolute atomic E-state index is 13.2. The minimum Gasteiger partial charge on any atom is -0.322 e. The van der Waals surface area contributed by atoms with Crippen LogP contribution < -0.4 is 10.9 Å². The maximum atomic E-state index is 13.2. The van der Waals surface area contributed by atoms with Gasteiger partial charge in [-0.3, -0.25) is 14.3 Å². The second-order valence-corrected chi connectivity index (χ2v) is 9.42. The van der Waals surface area contributed by atoms with Crippen LogP contribution in [0.15, 0.2) is 88.3 Å². The van der Waals surface area contributed by atoms with Crippen molar-refractivity contribution in [1.29, 1.82) is 0 Å². The van der Waals surface area contributed by atoms with Gasteiger partial charge in [-0.2, -0.15) is 0 Å². The quantitative estimate of drug-likeness (QED) is 0.285. The van der Waals surface area contributed by atoms with Gasteiger partial charge in [0.25, 0.3) is 11.5 Å². The maximum Gasteiger partial charge on any atom is 0.284 e. The molecule has 0 bridgehead atoms. The Hall–Kier alpha value is -2.36. The van der Waals surface area contributed by atoms with Gasteiger partial charge in [-0.05, 0) is 88.8 Å². The molecule has 8 heteroatoms. The Morgan fingerprint density at radius 3 is 2.26 bits per heavy atom. The van der Waals surface area contributed by atoms with Crippen molar-refractivity contribution in [3.05, 3.63) is 114 Å². The monoisotopic (exact) mass is 607 g/mol. The third-order valence-electron chi connectivity index (χ3n) is 4.63. The molecular formula is C23H16BrClIN3O2. The van der Waals surface area contributed by atoms with Gasteiger partial charge in [0.1, 0.15) is 5.56 Å². The molecule has 5 nitrogen and oxygen atoms in total. The molecule has 0 saturated carbocycles. The number of anilines is 1. The molecule has 4 aromatic rings. The van der Waals surface area contributed by atoms with Crippen LogP contribution in [-0.2, 0) is 6.54 Å². The molecule has 0 radical (unpaired) electrons. The van der Waals surface area contributed by atoms with Crippen molar-refractivity contribution in [2.45, 2.75) is 6.54 Å². The van der Waals surface area contributed by atoms with Crippen LogP contribution in [0, 0.1) is 3.57 Å². The van der Waals surface area contributed by atoms with Crippen LogP contribution >= 0.6 is 50.1 Å². The first-order valence-corrected chi connectivity index (χ1v) is 11.6. The summed E-state index contributed by atoms with van der Waals surface area (Å²) in [7, 11) is 0. The number of halogens is 3. The van der Waals surface area contributed by atoms with Gasteiger partial charge >= 0.3 is 0 Å². The average molecular weight is 609 g/mol. The summed E-state index contributed by atoms with van der Waals surface area (Å²) in [6, 6.07) is 22.1. The fourth-order valence-corrected chi connectivity index (χ4v) is 3.87. The van der Waals surface area contributed by atoms with Crippen molar-refractivity contribution in [3.63, 3.8) is 0 Å². The first kappa shape index (κ1) is 21.9. The SMILES string of the molecule is O=C(Nc1ccc(Br)cc1)c1cn(Cc2ccc(I)cc2)n(-c2ccc(Cl)cc2)c1=O. The van der Waals surface area contributed by atoms with E-state index in [-0.39, 0.29) is 5.56 Å². The van der Waals surface area contributed by atoms with Crippen LogP contribution in [0.2, 0.25) is 5.02 Å². The van der Waals surface area contributed by atoms with Gasteiger partial charge < -0.3 is 5.32 Å². The largest absolute Gasteiger partial charge is 0.322 e. The molecule has 0 fully saturated rings. The molecule has 156 valence electrons. The molecular weight excluding hydrogens is 593 g/mol. The van der Waals surface area contributed by atoms with Gasteiger partial charge in [-0.1, -0.05) is 39.7 Å². The summed E-state index contributed by atoms with van der Waals surface area (Å²) >= 11 is 11.6. The number of amides is 1. The Morgan fingerprint density at radius 2 is 1.61 bits per heavy atom. The smallest absolute Gasteiger partial charge is 0.284 e. The number of hydrogen-bond acceptors (Lipinski definition) is 2. The number of carbonyl (C=O) groups is 1. The summed E-state index contributed by atoms with van der Waals surface area (Å²) in [6.07, 6.45) is 1.59. The van der Waals surface area contributed by atoms with Gasteiger partial charge in [-0.15, -0.1) is 0 Å². The van der Waals surface area contributed by atoms with Crippen LogP contribution in [0.25, 0.3) is 5.69 Å². The molecule has 31 heavy (non-hydrogen) atoms. The summed E-state index contributed by atoms with van der Waals surface area (Å²) in [4.78, 5) is 26.1. The van der Waals surface area contributed by atoms with Gasteiger partial charge in [0, 0.05) is 24.9 Å². The van der Waals surface area contributed by atoms with Gasteiger partial charge in [0.15, 0.2) is 0 Å². The van der Waals surface area contributed by atoms with Crippen molar-refractivity contribution in [3.8, 4) is 5.69 Å². The fraction of sp³-hybridized carbons (Fsp3) is 0.0435. The Labute approximate surface area is 205 Å². The summed E-state index contributed by atoms with van der Waals surface area (Å²) in [5.41, 5.74) is 1.91. The topological polar surface area (TPSA) is 56.0 Å². The van der Waals surface area contributed by atoms with Crippen molar-refractivity contribution in [2.24, 2.45) is 0 Å². The number of benzene rings is 3. The van der Waals surface area contributed by atoms with Crippen LogP contribution in [0.3, 0.4) is 0 Å². The summed E-state index contributed by atoms with van der Waals surface area (Å²) in [5.74, 6) is -0.462. The number of rotatable bonds is 5. The Bertz CT molecular complexity index is 1280. The molecule has 0 aliphatic heterocycles. The number of aromatic nitrogens is 2. The van der Waals surface area contributed by atoms with E-state index in [9.17, 15) is 9.59 Å². The first-order valence-electron chi connectivity index (χ1n) is 9.30. The zero-order valence-electron chi connectivity index (χ0n) is 16.1. The zero-order chi connectivity index (χ0) is 22.0. The molecule has 3 aromatic carbocycles. The predicted octanol–water partition coefficient (Wildman–Crippen LogP) is 5.96. The third kappa shape index (κ3) is 5.11. The van der Waals surface area contributed by atoms with Crippen molar-refractivity contribution in [1.82, 2.24) is 9.36 Å². The molecule has 0 unspecified atom stereocenters. The van der Waals surface area contributed by atoms with Gasteiger partial charge in [-0.25, -0.2) is 4.68 Å². The molecule has 0 spiro atoms. The highest BCUT2D eigenvalue weighted by atomic mass is 127. The summed E-state index contributed by atoms with van der Waals surface area (Å²) in [5, 5.41) is 3.36. The lowest BCUT2D eigenvalue weighted by molar-refractivity contribution is 0.102. The molecule has 0 atom stereocenters. The molecule has 1 heterocycles. The Kier molecular flexibility index (Phi) is 6.64. The molecule has 1 amide bonds. The molecule has 1 aromatic heterocycles. The van der Waals surface area contributed by atoms with Gasteiger partial charge in [0.05, 0.1) is 12.2 Å². The fourth-order valence-electron chi connectivity index (χ4n) is 3.12. The normalized spacial score (nSPS) is 10.8. The highest BCUT2D eigenvalue weighted by molar-refractivity contribution is 14.1. The van der Waals surface area contributed by atoms with E-state index < -0.39 is 11.5 Å². The van der Waals surface area contributed by atoms with Crippen molar-refractivity contribution >= 4 is 61.7 Å². The minimum atomic E-state index is -0.462. The van der Waals surface area contributed by atoms with Crippen LogP contribution in [0.4, 0.5) is 5.69 Å². The third-order valence-corrected chi connectivity index (χ3v) is 6.13. The van der Waals surface area contributed by atoms with E-state index in [0.29, 0.717) is 22.9 Å². The molecule has 1 N–H and O–H groups in total. The number of hydrogen-bond donors (Lipinski definition) is 1. The van der Waals surface area contributed by atoms with Crippen LogP contribution in [0.1, 0.15) is 15.9 Å². The van der Waals surface area contributed by atoms with E-state index in [0.717, 1.165) is 13.6 Å². The number of carbonyl (C=O) groups excluding carboxylic acids is 1. The van der Waals surface area contributed by atoms with E-state index in [1.54, 1.807) is 47.3 Å².